The molecule has 0 heterocycles. The second-order valence-electron chi connectivity index (χ2n) is 4.92. The van der Waals surface area contributed by atoms with Crippen LogP contribution in [-0.4, -0.2) is 13.1 Å². The minimum absolute atomic E-state index is 0.0674. The van der Waals surface area contributed by atoms with E-state index in [2.05, 4.69) is 25.5 Å². The molecule has 0 radical (unpaired) electrons. The van der Waals surface area contributed by atoms with Crippen molar-refractivity contribution in [3.8, 4) is 0 Å². The molecule has 3 nitrogen and oxygen atoms in total. The van der Waals surface area contributed by atoms with Gasteiger partial charge in [-0.25, -0.2) is 0 Å². The van der Waals surface area contributed by atoms with Crippen LogP contribution in [0.4, 0.5) is 5.69 Å². The Bertz CT molecular complexity index is 391. The molecule has 3 heteroatoms. The first kappa shape index (κ1) is 12.6. The Labute approximate surface area is 96.6 Å². The Kier molecular flexibility index (Phi) is 3.58. The molecule has 0 atom stereocenters. The number of carbonyl (C=O) groups is 1. The van der Waals surface area contributed by atoms with Crippen LogP contribution in [0, 0.1) is 0 Å². The van der Waals surface area contributed by atoms with Crippen molar-refractivity contribution in [2.75, 3.05) is 12.8 Å². The van der Waals surface area contributed by atoms with Crippen molar-refractivity contribution in [2.24, 2.45) is 0 Å². The van der Waals surface area contributed by atoms with E-state index >= 15 is 0 Å². The van der Waals surface area contributed by atoms with Crippen molar-refractivity contribution in [1.82, 2.24) is 0 Å². The summed E-state index contributed by atoms with van der Waals surface area (Å²) in [5.74, 6) is -0.268. The van der Waals surface area contributed by atoms with Gasteiger partial charge in [-0.2, -0.15) is 0 Å². The number of nitrogens with two attached hydrogens (primary N) is 1. The maximum absolute atomic E-state index is 11.1. The number of rotatable bonds is 2. The van der Waals surface area contributed by atoms with Gasteiger partial charge in [0, 0.05) is 5.69 Å². The van der Waals surface area contributed by atoms with Crippen molar-refractivity contribution >= 4 is 11.7 Å². The van der Waals surface area contributed by atoms with Gasteiger partial charge in [-0.3, -0.25) is 4.79 Å². The first-order valence-corrected chi connectivity index (χ1v) is 5.30. The van der Waals surface area contributed by atoms with Gasteiger partial charge in [0.05, 0.1) is 13.5 Å². The molecule has 1 rings (SSSR count). The zero-order valence-electron chi connectivity index (χ0n) is 10.3. The molecule has 0 spiro atoms. The molecule has 16 heavy (non-hydrogen) atoms. The number of benzene rings is 1. The zero-order chi connectivity index (χ0) is 12.3. The van der Waals surface area contributed by atoms with E-state index in [0.29, 0.717) is 5.69 Å². The van der Waals surface area contributed by atoms with Gasteiger partial charge >= 0.3 is 5.97 Å². The molecule has 0 unspecified atom stereocenters. The summed E-state index contributed by atoms with van der Waals surface area (Å²) in [4.78, 5) is 11.1. The topological polar surface area (TPSA) is 52.3 Å². The van der Waals surface area contributed by atoms with Gasteiger partial charge in [0.25, 0.3) is 0 Å². The van der Waals surface area contributed by atoms with Crippen LogP contribution in [0.2, 0.25) is 0 Å². The molecule has 1 aromatic rings. The number of nitrogen functional groups attached to an aromatic ring is 1. The van der Waals surface area contributed by atoms with Gasteiger partial charge in [-0.15, -0.1) is 0 Å². The molecule has 0 aliphatic rings. The van der Waals surface area contributed by atoms with E-state index in [4.69, 9.17) is 5.73 Å². The summed E-state index contributed by atoms with van der Waals surface area (Å²) in [6.45, 7) is 6.38. The Morgan fingerprint density at radius 2 is 2.00 bits per heavy atom. The van der Waals surface area contributed by atoms with Crippen LogP contribution >= 0.6 is 0 Å². The monoisotopic (exact) mass is 221 g/mol. The van der Waals surface area contributed by atoms with Crippen LogP contribution in [0.25, 0.3) is 0 Å². The summed E-state index contributed by atoms with van der Waals surface area (Å²) < 4.78 is 4.61. The standard InChI is InChI=1S/C13H19NO2/c1-13(2,3)10-6-5-9(11(14)8-10)7-12(15)16-4/h5-6,8H,7,14H2,1-4H3. The van der Waals surface area contributed by atoms with Crippen molar-refractivity contribution in [3.05, 3.63) is 29.3 Å². The van der Waals surface area contributed by atoms with Crippen molar-refractivity contribution < 1.29 is 9.53 Å². The van der Waals surface area contributed by atoms with E-state index in [9.17, 15) is 4.79 Å². The molecule has 0 aliphatic heterocycles. The normalized spacial score (nSPS) is 11.2. The van der Waals surface area contributed by atoms with Gasteiger partial charge in [-0.1, -0.05) is 32.9 Å². The lowest BCUT2D eigenvalue weighted by Crippen LogP contribution is -2.13. The van der Waals surface area contributed by atoms with E-state index in [-0.39, 0.29) is 17.8 Å². The minimum atomic E-state index is -0.268. The highest BCUT2D eigenvalue weighted by Crippen LogP contribution is 2.26. The highest BCUT2D eigenvalue weighted by atomic mass is 16.5. The van der Waals surface area contributed by atoms with E-state index in [1.165, 1.54) is 12.7 Å². The number of anilines is 1. The zero-order valence-corrected chi connectivity index (χ0v) is 10.3. The summed E-state index contributed by atoms with van der Waals surface area (Å²) in [6, 6.07) is 5.83. The minimum Gasteiger partial charge on any atom is -0.469 e. The molecule has 1 aromatic carbocycles. The molecule has 0 bridgehead atoms. The number of carbonyl (C=O) groups excluding carboxylic acids is 1. The molecule has 0 aliphatic carbocycles. The predicted molar refractivity (Wildman–Crippen MR) is 65.3 cm³/mol. The quantitative estimate of drug-likeness (QED) is 0.615. The van der Waals surface area contributed by atoms with Crippen LogP contribution in [-0.2, 0) is 21.4 Å². The fraction of sp³-hybridized carbons (Fsp3) is 0.462. The van der Waals surface area contributed by atoms with Crippen molar-refractivity contribution in [3.63, 3.8) is 0 Å². The molecule has 0 saturated carbocycles. The third-order valence-corrected chi connectivity index (χ3v) is 2.57. The second-order valence-corrected chi connectivity index (χ2v) is 4.92. The molecule has 0 saturated heterocycles. The van der Waals surface area contributed by atoms with Crippen LogP contribution in [0.15, 0.2) is 18.2 Å². The first-order valence-electron chi connectivity index (χ1n) is 5.30. The predicted octanol–water partition coefficient (Wildman–Crippen LogP) is 2.28. The number of hydrogen-bond acceptors (Lipinski definition) is 3. The van der Waals surface area contributed by atoms with E-state index in [1.807, 2.05) is 18.2 Å². The summed E-state index contributed by atoms with van der Waals surface area (Å²) in [5.41, 5.74) is 8.62. The summed E-state index contributed by atoms with van der Waals surface area (Å²) in [6.07, 6.45) is 0.229. The lowest BCUT2D eigenvalue weighted by molar-refractivity contribution is -0.139. The molecule has 0 fully saturated rings. The highest BCUT2D eigenvalue weighted by molar-refractivity contribution is 5.74. The van der Waals surface area contributed by atoms with Crippen molar-refractivity contribution in [2.45, 2.75) is 32.6 Å². The molecule has 88 valence electrons. The van der Waals surface area contributed by atoms with E-state index in [0.717, 1.165) is 5.56 Å². The first-order chi connectivity index (χ1) is 7.34. The molecule has 0 aromatic heterocycles. The Morgan fingerprint density at radius 3 is 2.44 bits per heavy atom. The third kappa shape index (κ3) is 2.99. The largest absolute Gasteiger partial charge is 0.469 e. The average molecular weight is 221 g/mol. The fourth-order valence-corrected chi connectivity index (χ4v) is 1.45. The van der Waals surface area contributed by atoms with Crippen LogP contribution in [0.3, 0.4) is 0 Å². The third-order valence-electron chi connectivity index (χ3n) is 2.57. The van der Waals surface area contributed by atoms with Gasteiger partial charge in [0.15, 0.2) is 0 Å². The average Bonchev–Trinajstić information content (AvgIpc) is 2.19. The summed E-state index contributed by atoms with van der Waals surface area (Å²) in [7, 11) is 1.38. The Balaban J connectivity index is 2.96. The summed E-state index contributed by atoms with van der Waals surface area (Å²) in [5, 5.41) is 0. The van der Waals surface area contributed by atoms with E-state index < -0.39 is 0 Å². The van der Waals surface area contributed by atoms with Gasteiger partial charge < -0.3 is 10.5 Å². The summed E-state index contributed by atoms with van der Waals surface area (Å²) >= 11 is 0. The smallest absolute Gasteiger partial charge is 0.310 e. The number of esters is 1. The number of ether oxygens (including phenoxy) is 1. The molecular weight excluding hydrogens is 202 g/mol. The fourth-order valence-electron chi connectivity index (χ4n) is 1.45. The lowest BCUT2D eigenvalue weighted by atomic mass is 9.86. The molecule has 2 N–H and O–H groups in total. The van der Waals surface area contributed by atoms with Gasteiger partial charge in [-0.05, 0) is 22.6 Å². The second kappa shape index (κ2) is 4.56. The van der Waals surface area contributed by atoms with Crippen molar-refractivity contribution in [1.29, 1.82) is 0 Å². The van der Waals surface area contributed by atoms with Gasteiger partial charge in [0.2, 0.25) is 0 Å². The maximum Gasteiger partial charge on any atom is 0.310 e. The van der Waals surface area contributed by atoms with Crippen LogP contribution in [0.5, 0.6) is 0 Å². The number of methoxy groups -OCH3 is 1. The Morgan fingerprint density at radius 1 is 1.38 bits per heavy atom. The highest BCUT2D eigenvalue weighted by Gasteiger charge is 2.15. The van der Waals surface area contributed by atoms with Crippen LogP contribution < -0.4 is 5.73 Å². The lowest BCUT2D eigenvalue weighted by Gasteiger charge is -2.20. The number of hydrogen-bond donors (Lipinski definition) is 1. The molecular formula is C13H19NO2. The SMILES string of the molecule is COC(=O)Cc1ccc(C(C)(C)C)cc1N. The van der Waals surface area contributed by atoms with E-state index in [1.54, 1.807) is 0 Å². The maximum atomic E-state index is 11.1. The van der Waals surface area contributed by atoms with Gasteiger partial charge in [0.1, 0.15) is 0 Å². The Hall–Kier alpha value is -1.51. The van der Waals surface area contributed by atoms with Crippen LogP contribution in [0.1, 0.15) is 31.9 Å². The molecule has 0 amide bonds.